The third-order valence-corrected chi connectivity index (χ3v) is 3.58. The van der Waals surface area contributed by atoms with Gasteiger partial charge in [-0.1, -0.05) is 29.5 Å². The Bertz CT molecular complexity index is 632. The van der Waals surface area contributed by atoms with Crippen LogP contribution in [0.1, 0.15) is 12.5 Å². The number of rotatable bonds is 5. The van der Waals surface area contributed by atoms with E-state index in [1.807, 2.05) is 38.1 Å². The van der Waals surface area contributed by atoms with Gasteiger partial charge in [-0.25, -0.2) is 4.98 Å². The molecule has 0 saturated carbocycles. The van der Waals surface area contributed by atoms with Crippen LogP contribution < -0.4 is 5.32 Å². The molecule has 0 aliphatic heterocycles. The molecular formula is C14H15N3O2S. The van der Waals surface area contributed by atoms with Crippen molar-refractivity contribution >= 4 is 23.3 Å². The van der Waals surface area contributed by atoms with Crippen molar-refractivity contribution in [3.8, 4) is 0 Å². The van der Waals surface area contributed by atoms with Crippen LogP contribution >= 0.6 is 11.8 Å². The van der Waals surface area contributed by atoms with Crippen molar-refractivity contribution in [2.45, 2.75) is 23.8 Å². The van der Waals surface area contributed by atoms with Crippen LogP contribution in [0.25, 0.3) is 0 Å². The van der Waals surface area contributed by atoms with Gasteiger partial charge in [0.1, 0.15) is 5.82 Å². The number of nitrogens with zero attached hydrogens (tertiary/aromatic N) is 2. The zero-order valence-electron chi connectivity index (χ0n) is 11.3. The van der Waals surface area contributed by atoms with Gasteiger partial charge < -0.3 is 5.32 Å². The van der Waals surface area contributed by atoms with E-state index in [2.05, 4.69) is 10.3 Å². The molecular weight excluding hydrogens is 274 g/mol. The van der Waals surface area contributed by atoms with E-state index in [0.717, 1.165) is 17.0 Å². The number of aromatic nitrogens is 1. The van der Waals surface area contributed by atoms with Gasteiger partial charge in [-0.2, -0.15) is 0 Å². The lowest BCUT2D eigenvalue weighted by Crippen LogP contribution is -2.01. The minimum Gasteiger partial charge on any atom is -0.370 e. The van der Waals surface area contributed by atoms with Crippen molar-refractivity contribution in [3.63, 3.8) is 0 Å². The van der Waals surface area contributed by atoms with Crippen molar-refractivity contribution in [2.24, 2.45) is 0 Å². The second-order valence-electron chi connectivity index (χ2n) is 4.23. The van der Waals surface area contributed by atoms with Crippen molar-refractivity contribution in [2.75, 3.05) is 11.9 Å². The highest BCUT2D eigenvalue weighted by Gasteiger charge is 2.17. The van der Waals surface area contributed by atoms with Gasteiger partial charge >= 0.3 is 5.69 Å². The van der Waals surface area contributed by atoms with Crippen LogP contribution in [-0.4, -0.2) is 16.5 Å². The van der Waals surface area contributed by atoms with Crippen LogP contribution in [-0.2, 0) is 0 Å². The summed E-state index contributed by atoms with van der Waals surface area (Å²) >= 11 is 1.30. The molecule has 0 atom stereocenters. The van der Waals surface area contributed by atoms with Gasteiger partial charge in [0.15, 0.2) is 5.03 Å². The predicted octanol–water partition coefficient (Wildman–Crippen LogP) is 3.88. The average molecular weight is 289 g/mol. The Morgan fingerprint density at radius 3 is 2.80 bits per heavy atom. The Balaban J connectivity index is 2.36. The number of benzene rings is 1. The quantitative estimate of drug-likeness (QED) is 0.668. The van der Waals surface area contributed by atoms with E-state index in [9.17, 15) is 10.1 Å². The fourth-order valence-corrected chi connectivity index (χ4v) is 2.72. The Morgan fingerprint density at radius 1 is 1.35 bits per heavy atom. The van der Waals surface area contributed by atoms with Crippen molar-refractivity contribution in [1.82, 2.24) is 4.98 Å². The molecule has 2 aromatic rings. The molecule has 104 valence electrons. The maximum atomic E-state index is 11.1. The zero-order chi connectivity index (χ0) is 14.5. The number of aryl methyl sites for hydroxylation is 1. The topological polar surface area (TPSA) is 68.1 Å². The first-order valence-corrected chi connectivity index (χ1v) is 7.05. The zero-order valence-corrected chi connectivity index (χ0v) is 12.1. The molecule has 0 spiro atoms. The van der Waals surface area contributed by atoms with Gasteiger partial charge in [0.25, 0.3) is 0 Å². The molecule has 0 bridgehead atoms. The fraction of sp³-hybridized carbons (Fsp3) is 0.214. The lowest BCUT2D eigenvalue weighted by Gasteiger charge is -2.06. The summed E-state index contributed by atoms with van der Waals surface area (Å²) in [6.07, 6.45) is 0. The minimum atomic E-state index is -0.402. The molecule has 0 unspecified atom stereocenters. The lowest BCUT2D eigenvalue weighted by molar-refractivity contribution is -0.388. The summed E-state index contributed by atoms with van der Waals surface area (Å²) in [5.41, 5.74) is 1.14. The molecule has 0 amide bonds. The van der Waals surface area contributed by atoms with Crippen LogP contribution in [0.5, 0.6) is 0 Å². The van der Waals surface area contributed by atoms with Gasteiger partial charge in [-0.15, -0.1) is 0 Å². The summed E-state index contributed by atoms with van der Waals surface area (Å²) < 4.78 is 0. The molecule has 0 aliphatic carbocycles. The summed E-state index contributed by atoms with van der Waals surface area (Å²) in [5, 5.41) is 14.5. The van der Waals surface area contributed by atoms with Gasteiger partial charge in [-0.3, -0.25) is 10.1 Å². The highest BCUT2D eigenvalue weighted by Crippen LogP contribution is 2.34. The second-order valence-corrected chi connectivity index (χ2v) is 5.29. The summed E-state index contributed by atoms with van der Waals surface area (Å²) in [6, 6.07) is 10.9. The van der Waals surface area contributed by atoms with Crippen LogP contribution in [0.4, 0.5) is 11.5 Å². The van der Waals surface area contributed by atoms with E-state index in [-0.39, 0.29) is 5.69 Å². The van der Waals surface area contributed by atoms with E-state index >= 15 is 0 Å². The molecule has 6 heteroatoms. The van der Waals surface area contributed by atoms with E-state index in [1.54, 1.807) is 6.07 Å². The number of pyridine rings is 1. The number of hydrogen-bond donors (Lipinski definition) is 1. The number of nitro groups is 1. The Morgan fingerprint density at radius 2 is 2.15 bits per heavy atom. The molecule has 1 N–H and O–H groups in total. The Labute approximate surface area is 121 Å². The van der Waals surface area contributed by atoms with E-state index in [4.69, 9.17) is 0 Å². The predicted molar refractivity (Wildman–Crippen MR) is 80.4 cm³/mol. The Hall–Kier alpha value is -2.08. The fourth-order valence-electron chi connectivity index (χ4n) is 1.72. The van der Waals surface area contributed by atoms with E-state index in [0.29, 0.717) is 10.8 Å². The molecule has 1 aromatic carbocycles. The van der Waals surface area contributed by atoms with Gasteiger partial charge in [0, 0.05) is 17.5 Å². The molecule has 0 aliphatic rings. The first-order chi connectivity index (χ1) is 9.60. The molecule has 2 rings (SSSR count). The van der Waals surface area contributed by atoms with Crippen LogP contribution in [0.3, 0.4) is 0 Å². The number of anilines is 1. The second kappa shape index (κ2) is 6.38. The molecule has 0 fully saturated rings. The average Bonchev–Trinajstić information content (AvgIpc) is 2.39. The van der Waals surface area contributed by atoms with Gasteiger partial charge in [0.05, 0.1) is 4.92 Å². The molecule has 1 heterocycles. The molecule has 0 saturated heterocycles. The normalized spacial score (nSPS) is 10.3. The van der Waals surface area contributed by atoms with E-state index in [1.165, 1.54) is 17.8 Å². The van der Waals surface area contributed by atoms with Crippen LogP contribution in [0.15, 0.2) is 46.3 Å². The highest BCUT2D eigenvalue weighted by molar-refractivity contribution is 7.99. The minimum absolute atomic E-state index is 0.0261. The number of hydrogen-bond acceptors (Lipinski definition) is 5. The standard InChI is InChI=1S/C14H15N3O2S/c1-3-15-13-8-7-12(17(18)19)14(16-13)20-11-6-4-5-10(2)9-11/h4-9H,3H2,1-2H3,(H,15,16). The monoisotopic (exact) mass is 289 g/mol. The van der Waals surface area contributed by atoms with Crippen molar-refractivity contribution in [3.05, 3.63) is 52.1 Å². The summed E-state index contributed by atoms with van der Waals surface area (Å²) in [5.74, 6) is 0.647. The van der Waals surface area contributed by atoms with Crippen LogP contribution in [0, 0.1) is 17.0 Å². The molecule has 5 nitrogen and oxygen atoms in total. The summed E-state index contributed by atoms with van der Waals surface area (Å²) in [4.78, 5) is 15.9. The highest BCUT2D eigenvalue weighted by atomic mass is 32.2. The third kappa shape index (κ3) is 3.48. The van der Waals surface area contributed by atoms with Crippen molar-refractivity contribution in [1.29, 1.82) is 0 Å². The van der Waals surface area contributed by atoms with Gasteiger partial charge in [0.2, 0.25) is 0 Å². The lowest BCUT2D eigenvalue weighted by atomic mass is 10.2. The third-order valence-electron chi connectivity index (χ3n) is 2.60. The van der Waals surface area contributed by atoms with Gasteiger partial charge in [-0.05, 0) is 32.0 Å². The first-order valence-electron chi connectivity index (χ1n) is 6.24. The largest absolute Gasteiger partial charge is 0.370 e. The molecule has 20 heavy (non-hydrogen) atoms. The Kier molecular flexibility index (Phi) is 4.57. The number of nitrogens with one attached hydrogen (secondary N) is 1. The maximum Gasteiger partial charge on any atom is 0.301 e. The molecule has 1 aromatic heterocycles. The van der Waals surface area contributed by atoms with Crippen molar-refractivity contribution < 1.29 is 4.92 Å². The first kappa shape index (κ1) is 14.3. The summed E-state index contributed by atoms with van der Waals surface area (Å²) in [6.45, 7) is 4.66. The maximum absolute atomic E-state index is 11.1. The SMILES string of the molecule is CCNc1ccc([N+](=O)[O-])c(Sc2cccc(C)c2)n1. The summed E-state index contributed by atoms with van der Waals surface area (Å²) in [7, 11) is 0. The smallest absolute Gasteiger partial charge is 0.301 e. The molecule has 0 radical (unpaired) electrons. The van der Waals surface area contributed by atoms with E-state index < -0.39 is 4.92 Å². The van der Waals surface area contributed by atoms with Crippen LogP contribution in [0.2, 0.25) is 0 Å².